The third-order valence-electron chi connectivity index (χ3n) is 3.75. The maximum absolute atomic E-state index is 3.49. The molecule has 2 nitrogen and oxygen atoms in total. The Hall–Kier alpha value is -2.48. The van der Waals surface area contributed by atoms with E-state index in [9.17, 15) is 0 Å². The first-order chi connectivity index (χ1) is 10.2. The number of anilines is 1. The number of nitrogens with one attached hydrogen (secondary N) is 2. The monoisotopic (exact) mass is 276 g/mol. The van der Waals surface area contributed by atoms with Gasteiger partial charge in [-0.3, -0.25) is 0 Å². The lowest BCUT2D eigenvalue weighted by atomic mass is 10.1. The Morgan fingerprint density at radius 1 is 0.905 bits per heavy atom. The molecular formula is C19H20N2. The number of benzene rings is 2. The molecule has 106 valence electrons. The predicted octanol–water partition coefficient (Wildman–Crippen LogP) is 5.00. The zero-order valence-electron chi connectivity index (χ0n) is 12.7. The summed E-state index contributed by atoms with van der Waals surface area (Å²) in [6, 6.07) is 15.0. The topological polar surface area (TPSA) is 27.8 Å². The van der Waals surface area contributed by atoms with Crippen LogP contribution in [0.5, 0.6) is 0 Å². The molecule has 1 heterocycles. The van der Waals surface area contributed by atoms with Crippen molar-refractivity contribution in [1.82, 2.24) is 4.98 Å². The van der Waals surface area contributed by atoms with Gasteiger partial charge in [-0.25, -0.2) is 0 Å². The molecule has 2 N–H and O–H groups in total. The van der Waals surface area contributed by atoms with E-state index in [4.69, 9.17) is 0 Å². The third-order valence-corrected chi connectivity index (χ3v) is 3.75. The minimum Gasteiger partial charge on any atom is -0.386 e. The number of rotatable bonds is 3. The normalized spacial score (nSPS) is 11.4. The zero-order valence-corrected chi connectivity index (χ0v) is 12.7. The second-order valence-corrected chi connectivity index (χ2v) is 5.46. The summed E-state index contributed by atoms with van der Waals surface area (Å²) in [6.07, 6.45) is 4.27. The van der Waals surface area contributed by atoms with Gasteiger partial charge in [0.1, 0.15) is 0 Å². The Labute approximate surface area is 125 Å². The van der Waals surface area contributed by atoms with Crippen LogP contribution in [0.15, 0.2) is 42.5 Å². The minimum atomic E-state index is 1.11. The van der Waals surface area contributed by atoms with Gasteiger partial charge in [0.2, 0.25) is 0 Å². The fourth-order valence-corrected chi connectivity index (χ4v) is 2.58. The van der Waals surface area contributed by atoms with E-state index in [2.05, 4.69) is 78.8 Å². The summed E-state index contributed by atoms with van der Waals surface area (Å²) in [7, 11) is 1.96. The molecule has 0 saturated heterocycles. The van der Waals surface area contributed by atoms with E-state index in [-0.39, 0.29) is 0 Å². The molecule has 0 aliphatic rings. The molecule has 0 amide bonds. The lowest BCUT2D eigenvalue weighted by Crippen LogP contribution is -1.88. The minimum absolute atomic E-state index is 1.11. The van der Waals surface area contributed by atoms with Crippen LogP contribution in [0.2, 0.25) is 0 Å². The third kappa shape index (κ3) is 2.70. The number of hydrogen-bond donors (Lipinski definition) is 2. The highest BCUT2D eigenvalue weighted by atomic mass is 14.9. The summed E-state index contributed by atoms with van der Waals surface area (Å²) in [5.41, 5.74) is 7.18. The van der Waals surface area contributed by atoms with E-state index in [0.29, 0.717) is 0 Å². The summed E-state index contributed by atoms with van der Waals surface area (Å²) < 4.78 is 0. The van der Waals surface area contributed by atoms with Gasteiger partial charge in [-0.15, -0.1) is 0 Å². The first-order valence-corrected chi connectivity index (χ1v) is 7.22. The molecule has 0 atom stereocenters. The second-order valence-electron chi connectivity index (χ2n) is 5.46. The number of fused-ring (bicyclic) bond motifs is 1. The van der Waals surface area contributed by atoms with Gasteiger partial charge in [-0.2, -0.15) is 0 Å². The van der Waals surface area contributed by atoms with Gasteiger partial charge in [-0.1, -0.05) is 48.0 Å². The molecule has 1 aromatic heterocycles. The first-order valence-electron chi connectivity index (χ1n) is 7.22. The van der Waals surface area contributed by atoms with Crippen LogP contribution in [0, 0.1) is 13.8 Å². The molecule has 0 aliphatic heterocycles. The van der Waals surface area contributed by atoms with Crippen LogP contribution in [0.4, 0.5) is 5.69 Å². The lowest BCUT2D eigenvalue weighted by molar-refractivity contribution is 1.40. The Morgan fingerprint density at radius 2 is 1.62 bits per heavy atom. The van der Waals surface area contributed by atoms with Crippen molar-refractivity contribution in [2.24, 2.45) is 0 Å². The highest BCUT2D eigenvalue weighted by Crippen LogP contribution is 2.29. The van der Waals surface area contributed by atoms with Crippen molar-refractivity contribution in [3.05, 3.63) is 64.8 Å². The highest BCUT2D eigenvalue weighted by molar-refractivity contribution is 5.98. The molecule has 3 aromatic rings. The maximum atomic E-state index is 3.49. The number of aromatic nitrogens is 1. The average molecular weight is 276 g/mol. The summed E-state index contributed by atoms with van der Waals surface area (Å²) in [5.74, 6) is 0. The zero-order chi connectivity index (χ0) is 14.8. The predicted molar refractivity (Wildman–Crippen MR) is 92.7 cm³/mol. The van der Waals surface area contributed by atoms with Crippen LogP contribution >= 0.6 is 0 Å². The van der Waals surface area contributed by atoms with E-state index in [1.807, 2.05) is 7.05 Å². The standard InChI is InChI=1S/C19H20N2/c1-13-4-7-15(8-5-13)9-11-17-19(20-3)16-10-6-14(2)12-18(16)21-17/h4-12,20-21H,1-3H3/b11-9+. The van der Waals surface area contributed by atoms with E-state index >= 15 is 0 Å². The highest BCUT2D eigenvalue weighted by Gasteiger charge is 2.07. The van der Waals surface area contributed by atoms with Gasteiger partial charge in [0, 0.05) is 18.0 Å². The number of aromatic amines is 1. The van der Waals surface area contributed by atoms with E-state index in [1.54, 1.807) is 0 Å². The Kier molecular flexibility index (Phi) is 3.53. The molecule has 3 rings (SSSR count). The summed E-state index contributed by atoms with van der Waals surface area (Å²) >= 11 is 0. The summed E-state index contributed by atoms with van der Waals surface area (Å²) in [5, 5.41) is 4.53. The Morgan fingerprint density at radius 3 is 2.33 bits per heavy atom. The van der Waals surface area contributed by atoms with Gasteiger partial charge >= 0.3 is 0 Å². The van der Waals surface area contributed by atoms with Crippen LogP contribution < -0.4 is 5.32 Å². The van der Waals surface area contributed by atoms with E-state index in [0.717, 1.165) is 11.4 Å². The quantitative estimate of drug-likeness (QED) is 0.692. The fraction of sp³-hybridized carbons (Fsp3) is 0.158. The van der Waals surface area contributed by atoms with Gasteiger partial charge in [0.05, 0.1) is 11.4 Å². The molecule has 0 fully saturated rings. The molecule has 0 spiro atoms. The molecule has 0 bridgehead atoms. The van der Waals surface area contributed by atoms with Crippen molar-refractivity contribution in [3.63, 3.8) is 0 Å². The molecule has 0 aliphatic carbocycles. The second kappa shape index (κ2) is 5.49. The van der Waals surface area contributed by atoms with Crippen LogP contribution in [0.3, 0.4) is 0 Å². The molecule has 0 radical (unpaired) electrons. The average Bonchev–Trinajstić information content (AvgIpc) is 2.83. The van der Waals surface area contributed by atoms with Crippen LogP contribution in [-0.2, 0) is 0 Å². The fourth-order valence-electron chi connectivity index (χ4n) is 2.58. The van der Waals surface area contributed by atoms with Crippen molar-refractivity contribution >= 4 is 28.7 Å². The number of H-pyrrole nitrogens is 1. The SMILES string of the molecule is CNc1c(/C=C/c2ccc(C)cc2)[nH]c2cc(C)ccc12. The molecule has 0 saturated carbocycles. The molecular weight excluding hydrogens is 256 g/mol. The Bertz CT molecular complexity index is 792. The van der Waals surface area contributed by atoms with Gasteiger partial charge in [-0.05, 0) is 37.1 Å². The smallest absolute Gasteiger partial charge is 0.0671 e. The first kappa shape index (κ1) is 13.5. The van der Waals surface area contributed by atoms with Gasteiger partial charge < -0.3 is 10.3 Å². The number of aryl methyl sites for hydroxylation is 2. The summed E-state index contributed by atoms with van der Waals surface area (Å²) in [4.78, 5) is 3.49. The molecule has 2 aromatic carbocycles. The van der Waals surface area contributed by atoms with Crippen molar-refractivity contribution < 1.29 is 0 Å². The van der Waals surface area contributed by atoms with Crippen molar-refractivity contribution in [1.29, 1.82) is 0 Å². The van der Waals surface area contributed by atoms with Gasteiger partial charge in [0.15, 0.2) is 0 Å². The largest absolute Gasteiger partial charge is 0.386 e. The summed E-state index contributed by atoms with van der Waals surface area (Å²) in [6.45, 7) is 4.22. The molecule has 0 unspecified atom stereocenters. The Balaban J connectivity index is 2.01. The van der Waals surface area contributed by atoms with Crippen molar-refractivity contribution in [2.75, 3.05) is 12.4 Å². The van der Waals surface area contributed by atoms with Crippen molar-refractivity contribution in [2.45, 2.75) is 13.8 Å². The lowest BCUT2D eigenvalue weighted by Gasteiger charge is -2.00. The molecule has 2 heteroatoms. The molecule has 21 heavy (non-hydrogen) atoms. The number of hydrogen-bond acceptors (Lipinski definition) is 1. The maximum Gasteiger partial charge on any atom is 0.0671 e. The van der Waals surface area contributed by atoms with E-state index < -0.39 is 0 Å². The van der Waals surface area contributed by atoms with E-state index in [1.165, 1.54) is 27.6 Å². The van der Waals surface area contributed by atoms with Crippen LogP contribution in [0.1, 0.15) is 22.4 Å². The van der Waals surface area contributed by atoms with Crippen LogP contribution in [0.25, 0.3) is 23.1 Å². The van der Waals surface area contributed by atoms with Crippen LogP contribution in [-0.4, -0.2) is 12.0 Å². The van der Waals surface area contributed by atoms with Gasteiger partial charge in [0.25, 0.3) is 0 Å². The van der Waals surface area contributed by atoms with Crippen molar-refractivity contribution in [3.8, 4) is 0 Å².